The summed E-state index contributed by atoms with van der Waals surface area (Å²) in [6.07, 6.45) is 0. The highest BCUT2D eigenvalue weighted by Crippen LogP contribution is 2.28. The van der Waals surface area contributed by atoms with E-state index in [1.54, 1.807) is 18.9 Å². The quantitative estimate of drug-likeness (QED) is 0.416. The molecule has 7 nitrogen and oxygen atoms in total. The van der Waals surface area contributed by atoms with Gasteiger partial charge in [0.1, 0.15) is 0 Å². The molecule has 1 aliphatic rings. The third kappa shape index (κ3) is 4.65. The van der Waals surface area contributed by atoms with E-state index in [0.29, 0.717) is 19.8 Å². The number of anilines is 1. The topological polar surface area (TPSA) is 61.6 Å². The molecule has 1 aliphatic heterocycles. The van der Waals surface area contributed by atoms with Crippen molar-refractivity contribution in [3.8, 4) is 17.2 Å². The van der Waals surface area contributed by atoms with Crippen LogP contribution in [0.1, 0.15) is 0 Å². The fourth-order valence-electron chi connectivity index (χ4n) is 3.15. The second kappa shape index (κ2) is 9.67. The molecule has 4 rings (SSSR count). The monoisotopic (exact) mass is 412 g/mol. The van der Waals surface area contributed by atoms with Crippen LogP contribution in [0.15, 0.2) is 59.8 Å². The molecule has 0 atom stereocenters. The number of benzene rings is 2. The number of nitrogens with zero attached hydrogens (tertiary/aromatic N) is 4. The largest absolute Gasteiger partial charge is 0.493 e. The molecule has 152 valence electrons. The molecule has 0 bridgehead atoms. The number of para-hydroxylation sites is 3. The summed E-state index contributed by atoms with van der Waals surface area (Å²) in [4.78, 5) is 2.22. The lowest BCUT2D eigenvalue weighted by molar-refractivity contribution is 0.122. The number of morpholine rings is 1. The van der Waals surface area contributed by atoms with Gasteiger partial charge in [0.15, 0.2) is 16.7 Å². The standard InChI is InChI=1S/C21H24N4O3S/c1-26-18-9-5-6-10-19(18)28-15-16-29-21-23-22-20(24-11-13-27-14-12-24)25(21)17-7-3-2-4-8-17/h2-10H,11-16H2,1H3. The molecule has 0 aliphatic carbocycles. The average molecular weight is 413 g/mol. The van der Waals surface area contributed by atoms with E-state index in [-0.39, 0.29) is 0 Å². The van der Waals surface area contributed by atoms with Crippen LogP contribution in [0, 0.1) is 0 Å². The Kier molecular flexibility index (Phi) is 6.53. The molecule has 0 spiro atoms. The molecule has 1 saturated heterocycles. The van der Waals surface area contributed by atoms with E-state index in [0.717, 1.165) is 47.1 Å². The Morgan fingerprint density at radius 2 is 1.69 bits per heavy atom. The zero-order chi connectivity index (χ0) is 19.9. The fourth-order valence-corrected chi connectivity index (χ4v) is 3.91. The van der Waals surface area contributed by atoms with Gasteiger partial charge in [0, 0.05) is 18.8 Å². The molecule has 0 radical (unpaired) electrons. The summed E-state index contributed by atoms with van der Waals surface area (Å²) in [6.45, 7) is 3.58. The molecule has 0 unspecified atom stereocenters. The zero-order valence-corrected chi connectivity index (χ0v) is 17.2. The van der Waals surface area contributed by atoms with Crippen LogP contribution in [-0.4, -0.2) is 60.5 Å². The van der Waals surface area contributed by atoms with E-state index in [2.05, 4.69) is 31.8 Å². The molecule has 2 heterocycles. The molecule has 2 aromatic carbocycles. The van der Waals surface area contributed by atoms with Crippen molar-refractivity contribution < 1.29 is 14.2 Å². The van der Waals surface area contributed by atoms with E-state index in [1.165, 1.54) is 0 Å². The molecule has 1 aromatic heterocycles. The Hall–Kier alpha value is -2.71. The van der Waals surface area contributed by atoms with Crippen LogP contribution in [0.3, 0.4) is 0 Å². The number of hydrogen-bond donors (Lipinski definition) is 0. The predicted octanol–water partition coefficient (Wildman–Crippen LogP) is 3.28. The summed E-state index contributed by atoms with van der Waals surface area (Å²) in [5.41, 5.74) is 1.05. The lowest BCUT2D eigenvalue weighted by Gasteiger charge is -2.27. The first-order valence-electron chi connectivity index (χ1n) is 9.59. The van der Waals surface area contributed by atoms with Gasteiger partial charge in [-0.1, -0.05) is 42.1 Å². The van der Waals surface area contributed by atoms with Crippen molar-refractivity contribution in [1.29, 1.82) is 0 Å². The van der Waals surface area contributed by atoms with Gasteiger partial charge in [-0.05, 0) is 24.3 Å². The Balaban J connectivity index is 1.47. The molecule has 1 fully saturated rings. The van der Waals surface area contributed by atoms with Crippen LogP contribution in [-0.2, 0) is 4.74 Å². The summed E-state index contributed by atoms with van der Waals surface area (Å²) in [6, 6.07) is 17.9. The minimum absolute atomic E-state index is 0.541. The predicted molar refractivity (Wildman–Crippen MR) is 114 cm³/mol. The van der Waals surface area contributed by atoms with E-state index < -0.39 is 0 Å². The minimum atomic E-state index is 0.541. The Morgan fingerprint density at radius 1 is 0.966 bits per heavy atom. The molecular weight excluding hydrogens is 388 g/mol. The number of methoxy groups -OCH3 is 1. The first-order valence-corrected chi connectivity index (χ1v) is 10.6. The van der Waals surface area contributed by atoms with Gasteiger partial charge in [-0.2, -0.15) is 0 Å². The Labute approximate surface area is 174 Å². The SMILES string of the molecule is COc1ccccc1OCCSc1nnc(N2CCOCC2)n1-c1ccccc1. The summed E-state index contributed by atoms with van der Waals surface area (Å²) in [7, 11) is 1.65. The van der Waals surface area contributed by atoms with Gasteiger partial charge in [-0.15, -0.1) is 10.2 Å². The molecule has 8 heteroatoms. The van der Waals surface area contributed by atoms with Crippen molar-refractivity contribution in [2.45, 2.75) is 5.16 Å². The van der Waals surface area contributed by atoms with Crippen molar-refractivity contribution in [3.05, 3.63) is 54.6 Å². The normalized spacial score (nSPS) is 14.0. The third-order valence-electron chi connectivity index (χ3n) is 4.57. The molecule has 0 saturated carbocycles. The Morgan fingerprint density at radius 3 is 2.45 bits per heavy atom. The fraction of sp³-hybridized carbons (Fsp3) is 0.333. The zero-order valence-electron chi connectivity index (χ0n) is 16.4. The highest BCUT2D eigenvalue weighted by atomic mass is 32.2. The second-order valence-corrected chi connectivity index (χ2v) is 7.46. The number of aromatic nitrogens is 3. The highest BCUT2D eigenvalue weighted by molar-refractivity contribution is 7.99. The summed E-state index contributed by atoms with van der Waals surface area (Å²) in [5, 5.41) is 9.79. The maximum absolute atomic E-state index is 5.89. The van der Waals surface area contributed by atoms with E-state index in [4.69, 9.17) is 14.2 Å². The minimum Gasteiger partial charge on any atom is -0.493 e. The molecule has 29 heavy (non-hydrogen) atoms. The van der Waals surface area contributed by atoms with E-state index in [9.17, 15) is 0 Å². The van der Waals surface area contributed by atoms with Crippen molar-refractivity contribution in [3.63, 3.8) is 0 Å². The second-order valence-electron chi connectivity index (χ2n) is 6.40. The summed E-state index contributed by atoms with van der Waals surface area (Å²) >= 11 is 1.63. The van der Waals surface area contributed by atoms with Gasteiger partial charge in [0.2, 0.25) is 5.95 Å². The number of ether oxygens (including phenoxy) is 3. The highest BCUT2D eigenvalue weighted by Gasteiger charge is 2.21. The summed E-state index contributed by atoms with van der Waals surface area (Å²) < 4.78 is 18.8. The smallest absolute Gasteiger partial charge is 0.232 e. The van der Waals surface area contributed by atoms with Gasteiger partial charge < -0.3 is 19.1 Å². The van der Waals surface area contributed by atoms with Gasteiger partial charge in [-0.25, -0.2) is 0 Å². The van der Waals surface area contributed by atoms with Gasteiger partial charge in [-0.3, -0.25) is 4.57 Å². The van der Waals surface area contributed by atoms with Gasteiger partial charge >= 0.3 is 0 Å². The summed E-state index contributed by atoms with van der Waals surface area (Å²) in [5.74, 6) is 3.08. The van der Waals surface area contributed by atoms with Crippen LogP contribution in [0.25, 0.3) is 5.69 Å². The molecule has 3 aromatic rings. The van der Waals surface area contributed by atoms with Crippen LogP contribution >= 0.6 is 11.8 Å². The first-order chi connectivity index (χ1) is 14.4. The maximum Gasteiger partial charge on any atom is 0.232 e. The van der Waals surface area contributed by atoms with Crippen molar-refractivity contribution in [2.24, 2.45) is 0 Å². The van der Waals surface area contributed by atoms with Crippen molar-refractivity contribution >= 4 is 17.7 Å². The van der Waals surface area contributed by atoms with Crippen molar-refractivity contribution in [2.75, 3.05) is 50.7 Å². The maximum atomic E-state index is 5.89. The van der Waals surface area contributed by atoms with E-state index in [1.807, 2.05) is 42.5 Å². The number of rotatable bonds is 8. The van der Waals surface area contributed by atoms with Crippen LogP contribution in [0.5, 0.6) is 11.5 Å². The third-order valence-corrected chi connectivity index (χ3v) is 5.46. The van der Waals surface area contributed by atoms with Crippen LogP contribution < -0.4 is 14.4 Å². The van der Waals surface area contributed by atoms with Gasteiger partial charge in [0.25, 0.3) is 0 Å². The molecular formula is C21H24N4O3S. The number of thioether (sulfide) groups is 1. The lowest BCUT2D eigenvalue weighted by atomic mass is 10.3. The average Bonchev–Trinajstić information content (AvgIpc) is 3.22. The van der Waals surface area contributed by atoms with Crippen LogP contribution in [0.4, 0.5) is 5.95 Å². The molecule has 0 amide bonds. The number of hydrogen-bond acceptors (Lipinski definition) is 7. The van der Waals surface area contributed by atoms with Crippen molar-refractivity contribution in [1.82, 2.24) is 14.8 Å². The van der Waals surface area contributed by atoms with E-state index >= 15 is 0 Å². The van der Waals surface area contributed by atoms with Gasteiger partial charge in [0.05, 0.1) is 32.6 Å². The van der Waals surface area contributed by atoms with Crippen LogP contribution in [0.2, 0.25) is 0 Å². The lowest BCUT2D eigenvalue weighted by Crippen LogP contribution is -2.37. The molecule has 0 N–H and O–H groups in total. The first kappa shape index (κ1) is 19.6. The Bertz CT molecular complexity index is 913.